The van der Waals surface area contributed by atoms with E-state index in [1.807, 2.05) is 0 Å². The lowest BCUT2D eigenvalue weighted by Gasteiger charge is -2.24. The molecule has 0 amide bonds. The van der Waals surface area contributed by atoms with E-state index in [-0.39, 0.29) is 0 Å². The van der Waals surface area contributed by atoms with Crippen LogP contribution in [0, 0.1) is 5.92 Å². The molecule has 0 spiro atoms. The molecule has 1 unspecified atom stereocenters. The number of rotatable bonds is 10. The minimum absolute atomic E-state index is 0.637. The van der Waals surface area contributed by atoms with Gasteiger partial charge in [0.05, 0.1) is 6.61 Å². The standard InChI is InChI=1S/C14H30N2O/c1-12(2)7-9-17-10-8-15-11-13(3)16(4)14-5-6-14/h12-15H,5-11H2,1-4H3. The van der Waals surface area contributed by atoms with Gasteiger partial charge >= 0.3 is 0 Å². The molecule has 1 aliphatic rings. The molecule has 0 aromatic heterocycles. The molecule has 0 saturated heterocycles. The molecule has 1 rings (SSSR count). The second kappa shape index (κ2) is 8.06. The third kappa shape index (κ3) is 7.02. The van der Waals surface area contributed by atoms with E-state index >= 15 is 0 Å². The molecule has 0 aromatic carbocycles. The molecule has 1 saturated carbocycles. The molecule has 1 N–H and O–H groups in total. The lowest BCUT2D eigenvalue weighted by Crippen LogP contribution is -2.40. The summed E-state index contributed by atoms with van der Waals surface area (Å²) in [5, 5.41) is 3.47. The lowest BCUT2D eigenvalue weighted by atomic mass is 10.1. The molecule has 17 heavy (non-hydrogen) atoms. The summed E-state index contributed by atoms with van der Waals surface area (Å²) < 4.78 is 5.57. The first kappa shape index (κ1) is 14.9. The molecule has 0 aromatic rings. The van der Waals surface area contributed by atoms with Crippen molar-refractivity contribution in [1.82, 2.24) is 10.2 Å². The molecule has 1 aliphatic carbocycles. The molecule has 1 fully saturated rings. The van der Waals surface area contributed by atoms with Crippen LogP contribution in [-0.2, 0) is 4.74 Å². The number of nitrogens with one attached hydrogen (secondary N) is 1. The molecule has 3 nitrogen and oxygen atoms in total. The van der Waals surface area contributed by atoms with Crippen LogP contribution in [0.3, 0.4) is 0 Å². The number of nitrogens with zero attached hydrogens (tertiary/aromatic N) is 1. The SMILES string of the molecule is CC(C)CCOCCNCC(C)N(C)C1CC1. The zero-order valence-electron chi connectivity index (χ0n) is 12.0. The molecule has 0 heterocycles. The Kier molecular flexibility index (Phi) is 7.09. The van der Waals surface area contributed by atoms with E-state index < -0.39 is 0 Å². The first-order chi connectivity index (χ1) is 8.11. The van der Waals surface area contributed by atoms with Gasteiger partial charge in [-0.05, 0) is 39.2 Å². The summed E-state index contributed by atoms with van der Waals surface area (Å²) in [5.74, 6) is 0.746. The highest BCUT2D eigenvalue weighted by atomic mass is 16.5. The van der Waals surface area contributed by atoms with E-state index in [0.29, 0.717) is 6.04 Å². The zero-order valence-corrected chi connectivity index (χ0v) is 12.0. The first-order valence-corrected chi connectivity index (χ1v) is 7.11. The summed E-state index contributed by atoms with van der Waals surface area (Å²) in [6.45, 7) is 10.5. The molecular formula is C14H30N2O. The minimum Gasteiger partial charge on any atom is -0.380 e. The quantitative estimate of drug-likeness (QED) is 0.594. The van der Waals surface area contributed by atoms with Crippen molar-refractivity contribution in [2.45, 2.75) is 52.1 Å². The van der Waals surface area contributed by atoms with Gasteiger partial charge in [-0.3, -0.25) is 4.90 Å². The summed E-state index contributed by atoms with van der Waals surface area (Å²) in [6.07, 6.45) is 3.94. The van der Waals surface area contributed by atoms with Gasteiger partial charge in [0, 0.05) is 31.8 Å². The van der Waals surface area contributed by atoms with Crippen LogP contribution in [0.4, 0.5) is 0 Å². The topological polar surface area (TPSA) is 24.5 Å². The van der Waals surface area contributed by atoms with Crippen LogP contribution in [-0.4, -0.2) is 50.3 Å². The smallest absolute Gasteiger partial charge is 0.0590 e. The maximum Gasteiger partial charge on any atom is 0.0590 e. The van der Waals surface area contributed by atoms with Crippen LogP contribution in [0.25, 0.3) is 0 Å². The van der Waals surface area contributed by atoms with Gasteiger partial charge in [0.15, 0.2) is 0 Å². The molecule has 0 bridgehead atoms. The van der Waals surface area contributed by atoms with Crippen molar-refractivity contribution in [1.29, 1.82) is 0 Å². The van der Waals surface area contributed by atoms with E-state index in [0.717, 1.165) is 38.3 Å². The highest BCUT2D eigenvalue weighted by molar-refractivity contribution is 4.85. The van der Waals surface area contributed by atoms with Gasteiger partial charge in [-0.1, -0.05) is 13.8 Å². The Morgan fingerprint density at radius 2 is 1.94 bits per heavy atom. The fourth-order valence-electron chi connectivity index (χ4n) is 1.86. The van der Waals surface area contributed by atoms with Crippen LogP contribution >= 0.6 is 0 Å². The van der Waals surface area contributed by atoms with Crippen LogP contribution < -0.4 is 5.32 Å². The Morgan fingerprint density at radius 1 is 1.24 bits per heavy atom. The summed E-state index contributed by atoms with van der Waals surface area (Å²) in [6, 6.07) is 1.49. The monoisotopic (exact) mass is 242 g/mol. The van der Waals surface area contributed by atoms with Gasteiger partial charge in [0.2, 0.25) is 0 Å². The van der Waals surface area contributed by atoms with E-state index in [1.54, 1.807) is 0 Å². The average Bonchev–Trinajstić information content (AvgIpc) is 3.09. The first-order valence-electron chi connectivity index (χ1n) is 7.11. The van der Waals surface area contributed by atoms with Crippen molar-refractivity contribution in [3.8, 4) is 0 Å². The van der Waals surface area contributed by atoms with Crippen LogP contribution in [0.5, 0.6) is 0 Å². The predicted octanol–water partition coefficient (Wildman–Crippen LogP) is 2.12. The predicted molar refractivity (Wildman–Crippen MR) is 73.4 cm³/mol. The van der Waals surface area contributed by atoms with E-state index in [9.17, 15) is 0 Å². The van der Waals surface area contributed by atoms with Gasteiger partial charge < -0.3 is 10.1 Å². The second-order valence-electron chi connectivity index (χ2n) is 5.74. The van der Waals surface area contributed by atoms with E-state index in [4.69, 9.17) is 4.74 Å². The lowest BCUT2D eigenvalue weighted by molar-refractivity contribution is 0.123. The minimum atomic E-state index is 0.637. The molecule has 102 valence electrons. The van der Waals surface area contributed by atoms with Gasteiger partial charge in [-0.25, -0.2) is 0 Å². The van der Waals surface area contributed by atoms with Gasteiger partial charge in [-0.2, -0.15) is 0 Å². The van der Waals surface area contributed by atoms with Crippen molar-refractivity contribution in [3.63, 3.8) is 0 Å². The third-order valence-corrected chi connectivity index (χ3v) is 3.52. The number of hydrogen-bond donors (Lipinski definition) is 1. The summed E-state index contributed by atoms with van der Waals surface area (Å²) in [4.78, 5) is 2.49. The Bertz CT molecular complexity index is 193. The number of likely N-dealkylation sites (N-methyl/N-ethyl adjacent to an activating group) is 1. The van der Waals surface area contributed by atoms with E-state index in [1.165, 1.54) is 19.3 Å². The van der Waals surface area contributed by atoms with Crippen molar-refractivity contribution in [2.24, 2.45) is 5.92 Å². The molecule has 0 radical (unpaired) electrons. The zero-order chi connectivity index (χ0) is 12.7. The summed E-state index contributed by atoms with van der Waals surface area (Å²) in [5.41, 5.74) is 0. The normalized spacial score (nSPS) is 18.0. The fraction of sp³-hybridized carbons (Fsp3) is 1.00. The largest absolute Gasteiger partial charge is 0.380 e. The molecule has 0 aliphatic heterocycles. The van der Waals surface area contributed by atoms with Gasteiger partial charge in [-0.15, -0.1) is 0 Å². The van der Waals surface area contributed by atoms with Gasteiger partial charge in [0.25, 0.3) is 0 Å². The molecule has 1 atom stereocenters. The molecule has 3 heteroatoms. The highest BCUT2D eigenvalue weighted by Gasteiger charge is 2.28. The highest BCUT2D eigenvalue weighted by Crippen LogP contribution is 2.26. The van der Waals surface area contributed by atoms with Crippen molar-refractivity contribution >= 4 is 0 Å². The van der Waals surface area contributed by atoms with Crippen LogP contribution in [0.1, 0.15) is 40.0 Å². The average molecular weight is 242 g/mol. The van der Waals surface area contributed by atoms with Crippen molar-refractivity contribution in [3.05, 3.63) is 0 Å². The second-order valence-corrected chi connectivity index (χ2v) is 5.74. The van der Waals surface area contributed by atoms with Crippen molar-refractivity contribution < 1.29 is 4.74 Å². The maximum absolute atomic E-state index is 5.57. The van der Waals surface area contributed by atoms with Crippen LogP contribution in [0.15, 0.2) is 0 Å². The summed E-state index contributed by atoms with van der Waals surface area (Å²) >= 11 is 0. The Labute approximate surface area is 107 Å². The number of hydrogen-bond acceptors (Lipinski definition) is 3. The van der Waals surface area contributed by atoms with Crippen LogP contribution in [0.2, 0.25) is 0 Å². The summed E-state index contributed by atoms with van der Waals surface area (Å²) in [7, 11) is 2.24. The maximum atomic E-state index is 5.57. The third-order valence-electron chi connectivity index (χ3n) is 3.52. The molecular weight excluding hydrogens is 212 g/mol. The Morgan fingerprint density at radius 3 is 2.53 bits per heavy atom. The Hall–Kier alpha value is -0.120. The Balaban J connectivity index is 1.86. The van der Waals surface area contributed by atoms with Gasteiger partial charge in [0.1, 0.15) is 0 Å². The van der Waals surface area contributed by atoms with Crippen molar-refractivity contribution in [2.75, 3.05) is 33.4 Å². The fourth-order valence-corrected chi connectivity index (χ4v) is 1.86. The van der Waals surface area contributed by atoms with E-state index in [2.05, 4.69) is 38.0 Å². The number of ether oxygens (including phenoxy) is 1.